The Morgan fingerprint density at radius 2 is 1.09 bits per heavy atom. The molecule has 0 amide bonds. The number of aromatic nitrogens is 2. The molecule has 12 rings (SSSR count). The highest BCUT2D eigenvalue weighted by Crippen LogP contribution is 2.45. The minimum absolute atomic E-state index is 0.0232. The lowest BCUT2D eigenvalue weighted by atomic mass is 9.77. The van der Waals surface area contributed by atoms with Crippen LogP contribution < -0.4 is 0 Å². The molecule has 3 aromatic heterocycles. The summed E-state index contributed by atoms with van der Waals surface area (Å²) in [7, 11) is 0. The lowest BCUT2D eigenvalue weighted by Crippen LogP contribution is -2.19. The summed E-state index contributed by atoms with van der Waals surface area (Å²) in [6, 6.07) is 65.3. The van der Waals surface area contributed by atoms with E-state index in [2.05, 4.69) is 216 Å². The first-order valence-electron chi connectivity index (χ1n) is 20.1. The first-order chi connectivity index (χ1) is 28.6. The lowest BCUT2D eigenvalue weighted by molar-refractivity contribution is 0.599. The fraction of sp³-hybridized carbons (Fsp3) is 0.0545. The molecule has 0 aliphatic heterocycles. The van der Waals surface area contributed by atoms with Crippen molar-refractivity contribution in [1.29, 1.82) is 0 Å². The van der Waals surface area contributed by atoms with E-state index in [4.69, 9.17) is 0 Å². The highest BCUT2D eigenvalue weighted by atomic mass is 32.1. The topological polar surface area (TPSA) is 9.86 Å². The van der Waals surface area contributed by atoms with E-state index in [1.165, 1.54) is 97.3 Å². The minimum Gasteiger partial charge on any atom is -0.309 e. The maximum atomic E-state index is 2.47. The fourth-order valence-corrected chi connectivity index (χ4v) is 10.8. The van der Waals surface area contributed by atoms with Crippen LogP contribution in [0.5, 0.6) is 0 Å². The molecule has 58 heavy (non-hydrogen) atoms. The van der Waals surface area contributed by atoms with E-state index in [0.717, 1.165) is 12.1 Å². The molecule has 0 bridgehead atoms. The second-order valence-electron chi connectivity index (χ2n) is 16.0. The van der Waals surface area contributed by atoms with Crippen molar-refractivity contribution in [1.82, 2.24) is 9.13 Å². The largest absolute Gasteiger partial charge is 0.309 e. The van der Waals surface area contributed by atoms with E-state index in [-0.39, 0.29) is 5.41 Å². The van der Waals surface area contributed by atoms with Crippen LogP contribution in [0.25, 0.3) is 97.4 Å². The van der Waals surface area contributed by atoms with Gasteiger partial charge >= 0.3 is 0 Å². The third kappa shape index (κ3) is 5.03. The molecule has 274 valence electrons. The van der Waals surface area contributed by atoms with Gasteiger partial charge in [0.25, 0.3) is 0 Å². The van der Waals surface area contributed by atoms with E-state index in [1.807, 2.05) is 11.3 Å². The number of para-hydroxylation sites is 1. The number of hydrogen-bond acceptors (Lipinski definition) is 1. The monoisotopic (exact) mass is 758 g/mol. The minimum atomic E-state index is -0.0232. The highest BCUT2D eigenvalue weighted by Gasteiger charge is 2.25. The highest BCUT2D eigenvalue weighted by molar-refractivity contribution is 7.26. The molecule has 0 fully saturated rings. The van der Waals surface area contributed by atoms with Crippen molar-refractivity contribution in [3.8, 4) is 33.6 Å². The summed E-state index contributed by atoms with van der Waals surface area (Å²) in [5.74, 6) is 0. The van der Waals surface area contributed by atoms with Gasteiger partial charge in [0.15, 0.2) is 0 Å². The zero-order chi connectivity index (χ0) is 38.4. The van der Waals surface area contributed by atoms with E-state index < -0.39 is 0 Å². The standard InChI is InChI=1S/C55H38N2S/c1-55(30-10-3-11-31-55)40-17-13-19-42(35-40)56-48-22-8-6-20-43(48)46-33-38(24-27-49(46)56)39-25-28-50-47(34-39)53-51(29-26-45-44-21-7-9-23-52(44)58-54(45)53)57(50)41-18-12-16-37(32-41)36-14-4-2-5-15-36/h2-30,32-35H,31H2,1H3. The van der Waals surface area contributed by atoms with Gasteiger partial charge in [0, 0.05) is 58.5 Å². The van der Waals surface area contributed by atoms with Gasteiger partial charge in [-0.05, 0) is 101 Å². The van der Waals surface area contributed by atoms with Gasteiger partial charge in [0.2, 0.25) is 0 Å². The van der Waals surface area contributed by atoms with Gasteiger partial charge in [-0.1, -0.05) is 140 Å². The predicted octanol–water partition coefficient (Wildman–Crippen LogP) is 15.4. The average Bonchev–Trinajstić information content (AvgIpc) is 3.94. The number of nitrogens with zero attached hydrogens (tertiary/aromatic N) is 2. The van der Waals surface area contributed by atoms with Gasteiger partial charge < -0.3 is 9.13 Å². The Morgan fingerprint density at radius 3 is 1.91 bits per heavy atom. The average molecular weight is 759 g/mol. The first kappa shape index (κ1) is 33.2. The van der Waals surface area contributed by atoms with Crippen molar-refractivity contribution in [3.63, 3.8) is 0 Å². The van der Waals surface area contributed by atoms with Crippen LogP contribution in [0.1, 0.15) is 18.9 Å². The predicted molar refractivity (Wildman–Crippen MR) is 249 cm³/mol. The third-order valence-corrected chi connectivity index (χ3v) is 13.7. The summed E-state index contributed by atoms with van der Waals surface area (Å²) in [5.41, 5.74) is 13.4. The zero-order valence-electron chi connectivity index (χ0n) is 32.1. The SMILES string of the molecule is CC1(c2cccc(-n3c4ccccc4c4cc(-c5ccc6c(c5)c5c7sc8ccccc8c7ccc5n6-c5cccc(-c6ccccc6)c5)ccc43)c2)C=CC=CC1. The van der Waals surface area contributed by atoms with Gasteiger partial charge in [-0.2, -0.15) is 0 Å². The molecule has 3 heterocycles. The summed E-state index contributed by atoms with van der Waals surface area (Å²) in [6.07, 6.45) is 9.95. The lowest BCUT2D eigenvalue weighted by Gasteiger charge is -2.27. The van der Waals surface area contributed by atoms with E-state index in [0.29, 0.717) is 0 Å². The van der Waals surface area contributed by atoms with Crippen LogP contribution in [0.2, 0.25) is 0 Å². The summed E-state index contributed by atoms with van der Waals surface area (Å²) >= 11 is 1.91. The molecule has 11 aromatic rings. The molecule has 0 spiro atoms. The number of benzene rings is 8. The molecule has 8 aromatic carbocycles. The Morgan fingerprint density at radius 1 is 0.448 bits per heavy atom. The quantitative estimate of drug-likeness (QED) is 0.165. The molecule has 1 aliphatic rings. The summed E-state index contributed by atoms with van der Waals surface area (Å²) < 4.78 is 7.58. The van der Waals surface area contributed by atoms with Gasteiger partial charge in [-0.3, -0.25) is 0 Å². The molecule has 0 saturated heterocycles. The van der Waals surface area contributed by atoms with Crippen LogP contribution in [0.4, 0.5) is 0 Å². The maximum Gasteiger partial charge on any atom is 0.0555 e. The molecular formula is C55H38N2S. The summed E-state index contributed by atoms with van der Waals surface area (Å²) in [5, 5.41) is 7.75. The van der Waals surface area contributed by atoms with E-state index in [1.54, 1.807) is 0 Å². The Labute approximate surface area is 340 Å². The van der Waals surface area contributed by atoms with Crippen molar-refractivity contribution < 1.29 is 0 Å². The van der Waals surface area contributed by atoms with Gasteiger partial charge in [-0.15, -0.1) is 11.3 Å². The second kappa shape index (κ2) is 12.8. The maximum absolute atomic E-state index is 2.47. The van der Waals surface area contributed by atoms with Gasteiger partial charge in [0.05, 0.1) is 22.1 Å². The third-order valence-electron chi connectivity index (χ3n) is 12.5. The molecule has 0 saturated carbocycles. The van der Waals surface area contributed by atoms with E-state index in [9.17, 15) is 0 Å². The van der Waals surface area contributed by atoms with Crippen molar-refractivity contribution >= 4 is 75.1 Å². The van der Waals surface area contributed by atoms with Crippen LogP contribution in [0.3, 0.4) is 0 Å². The second-order valence-corrected chi connectivity index (χ2v) is 17.0. The summed E-state index contributed by atoms with van der Waals surface area (Å²) in [4.78, 5) is 0. The van der Waals surface area contributed by atoms with Gasteiger partial charge in [0.1, 0.15) is 0 Å². The number of fused-ring (bicyclic) bond motifs is 10. The fourth-order valence-electron chi connectivity index (χ4n) is 9.57. The van der Waals surface area contributed by atoms with Crippen LogP contribution >= 0.6 is 11.3 Å². The Bertz CT molecular complexity index is 3500. The summed E-state index contributed by atoms with van der Waals surface area (Å²) in [6.45, 7) is 2.34. The van der Waals surface area contributed by atoms with Crippen molar-refractivity contribution in [2.75, 3.05) is 0 Å². The van der Waals surface area contributed by atoms with Crippen molar-refractivity contribution in [3.05, 3.63) is 206 Å². The number of allylic oxidation sites excluding steroid dienone is 4. The van der Waals surface area contributed by atoms with Crippen LogP contribution in [0, 0.1) is 0 Å². The molecule has 1 aliphatic carbocycles. The first-order valence-corrected chi connectivity index (χ1v) is 21.0. The number of rotatable bonds is 5. The molecule has 2 nitrogen and oxygen atoms in total. The molecule has 0 N–H and O–H groups in total. The Hall–Kier alpha value is -6.94. The smallest absolute Gasteiger partial charge is 0.0555 e. The van der Waals surface area contributed by atoms with Crippen LogP contribution in [0.15, 0.2) is 200 Å². The number of hydrogen-bond donors (Lipinski definition) is 0. The Balaban J connectivity index is 1.06. The zero-order valence-corrected chi connectivity index (χ0v) is 32.9. The molecule has 1 atom stereocenters. The van der Waals surface area contributed by atoms with Crippen LogP contribution in [-0.2, 0) is 5.41 Å². The van der Waals surface area contributed by atoms with Crippen molar-refractivity contribution in [2.24, 2.45) is 0 Å². The van der Waals surface area contributed by atoms with Gasteiger partial charge in [-0.25, -0.2) is 0 Å². The molecule has 3 heteroatoms. The molecule has 0 radical (unpaired) electrons. The van der Waals surface area contributed by atoms with E-state index >= 15 is 0 Å². The normalized spacial score (nSPS) is 15.5. The molecule has 1 unspecified atom stereocenters. The number of thiophene rings is 1. The molecular weight excluding hydrogens is 721 g/mol. The van der Waals surface area contributed by atoms with Crippen molar-refractivity contribution in [2.45, 2.75) is 18.8 Å². The Kier molecular flexibility index (Phi) is 7.33. The van der Waals surface area contributed by atoms with Crippen LogP contribution in [-0.4, -0.2) is 9.13 Å².